The zero-order valence-corrected chi connectivity index (χ0v) is 14.4. The summed E-state index contributed by atoms with van der Waals surface area (Å²) in [6.45, 7) is 0.850. The maximum atomic E-state index is 13.1. The van der Waals surface area contributed by atoms with Crippen molar-refractivity contribution in [3.05, 3.63) is 39.3 Å². The van der Waals surface area contributed by atoms with Crippen molar-refractivity contribution in [1.29, 1.82) is 0 Å². The molecule has 122 valence electrons. The number of nitrogens with zero attached hydrogens (tertiary/aromatic N) is 3. The highest BCUT2D eigenvalue weighted by Gasteiger charge is 2.31. The Labute approximate surface area is 141 Å². The van der Waals surface area contributed by atoms with Crippen molar-refractivity contribution in [2.45, 2.75) is 51.0 Å². The molecule has 0 aromatic carbocycles. The lowest BCUT2D eigenvalue weighted by Gasteiger charge is -2.34. The van der Waals surface area contributed by atoms with Gasteiger partial charge in [-0.2, -0.15) is 5.10 Å². The van der Waals surface area contributed by atoms with E-state index in [0.29, 0.717) is 0 Å². The number of aryl methyl sites for hydroxylation is 3. The molecule has 0 unspecified atom stereocenters. The van der Waals surface area contributed by atoms with Gasteiger partial charge in [-0.25, -0.2) is 0 Å². The van der Waals surface area contributed by atoms with Crippen molar-refractivity contribution in [2.24, 2.45) is 7.05 Å². The summed E-state index contributed by atoms with van der Waals surface area (Å²) < 4.78 is 1.83. The van der Waals surface area contributed by atoms with Gasteiger partial charge in [0.25, 0.3) is 5.91 Å². The molecule has 0 radical (unpaired) electrons. The molecule has 0 N–H and O–H groups in total. The van der Waals surface area contributed by atoms with Crippen LogP contribution < -0.4 is 0 Å². The van der Waals surface area contributed by atoms with Crippen LogP contribution in [0.2, 0.25) is 0 Å². The Hall–Kier alpha value is -1.62. The van der Waals surface area contributed by atoms with E-state index in [0.717, 1.165) is 42.8 Å². The van der Waals surface area contributed by atoms with E-state index >= 15 is 0 Å². The molecule has 1 atom stereocenters. The molecule has 0 bridgehead atoms. The summed E-state index contributed by atoms with van der Waals surface area (Å²) in [6, 6.07) is 4.35. The van der Waals surface area contributed by atoms with Gasteiger partial charge >= 0.3 is 0 Å². The number of carbonyl (C=O) groups excluding carboxylic acids is 1. The molecule has 23 heavy (non-hydrogen) atoms. The predicted octanol–water partition coefficient (Wildman–Crippen LogP) is 3.73. The van der Waals surface area contributed by atoms with Crippen molar-refractivity contribution in [3.8, 4) is 0 Å². The van der Waals surface area contributed by atoms with Crippen LogP contribution in [-0.2, 0) is 19.9 Å². The molecule has 1 aliphatic heterocycles. The topological polar surface area (TPSA) is 38.1 Å². The highest BCUT2D eigenvalue weighted by molar-refractivity contribution is 7.14. The third-order valence-corrected chi connectivity index (χ3v) is 6.27. The number of piperidine rings is 1. The Bertz CT molecular complexity index is 694. The summed E-state index contributed by atoms with van der Waals surface area (Å²) in [5.74, 6) is 0.208. The normalized spacial score (nSPS) is 21.3. The van der Waals surface area contributed by atoms with Gasteiger partial charge in [0.05, 0.1) is 16.6 Å². The second-order valence-electron chi connectivity index (χ2n) is 6.69. The van der Waals surface area contributed by atoms with Gasteiger partial charge < -0.3 is 4.90 Å². The second-order valence-corrected chi connectivity index (χ2v) is 7.83. The van der Waals surface area contributed by atoms with Gasteiger partial charge in [0.2, 0.25) is 0 Å². The van der Waals surface area contributed by atoms with E-state index in [-0.39, 0.29) is 11.9 Å². The molecule has 4 nitrogen and oxygen atoms in total. The maximum Gasteiger partial charge on any atom is 0.264 e. The number of fused-ring (bicyclic) bond motifs is 1. The lowest BCUT2D eigenvalue weighted by Crippen LogP contribution is -2.38. The fourth-order valence-corrected chi connectivity index (χ4v) is 5.04. The quantitative estimate of drug-likeness (QED) is 0.842. The number of likely N-dealkylation sites (tertiary alicyclic amines) is 1. The minimum absolute atomic E-state index is 0.136. The Kier molecular flexibility index (Phi) is 3.97. The van der Waals surface area contributed by atoms with Crippen LogP contribution in [0.5, 0.6) is 0 Å². The Balaban J connectivity index is 1.61. The average molecular weight is 329 g/mol. The average Bonchev–Trinajstić information content (AvgIpc) is 3.20. The molecule has 2 aromatic heterocycles. The summed E-state index contributed by atoms with van der Waals surface area (Å²) in [4.78, 5) is 17.5. The van der Waals surface area contributed by atoms with Gasteiger partial charge in [0.1, 0.15) is 0 Å². The molecule has 0 saturated carbocycles. The van der Waals surface area contributed by atoms with Crippen LogP contribution in [-0.4, -0.2) is 27.1 Å². The predicted molar refractivity (Wildman–Crippen MR) is 91.8 cm³/mol. The summed E-state index contributed by atoms with van der Waals surface area (Å²) in [6.07, 6.45) is 10.1. The van der Waals surface area contributed by atoms with E-state index < -0.39 is 0 Å². The molecule has 1 aliphatic carbocycles. The van der Waals surface area contributed by atoms with Gasteiger partial charge in [0, 0.05) is 24.7 Å². The number of carbonyl (C=O) groups is 1. The van der Waals surface area contributed by atoms with Gasteiger partial charge in [-0.1, -0.05) is 0 Å². The standard InChI is InChI=1S/C18H23N3OS/c1-20-11-9-14(19-20)15-7-4-5-10-21(15)18(22)17-12-13-6-2-3-8-16(13)23-17/h9,11-12,15H,2-8,10H2,1H3/t15-/m1/s1. The van der Waals surface area contributed by atoms with E-state index in [9.17, 15) is 4.79 Å². The number of rotatable bonds is 2. The van der Waals surface area contributed by atoms with Crippen LogP contribution in [0.25, 0.3) is 0 Å². The van der Waals surface area contributed by atoms with Crippen molar-refractivity contribution in [1.82, 2.24) is 14.7 Å². The van der Waals surface area contributed by atoms with E-state index in [2.05, 4.69) is 22.1 Å². The largest absolute Gasteiger partial charge is 0.329 e. The third-order valence-electron chi connectivity index (χ3n) is 5.05. The number of amides is 1. The highest BCUT2D eigenvalue weighted by Crippen LogP contribution is 2.35. The molecule has 4 rings (SSSR count). The fraction of sp³-hybridized carbons (Fsp3) is 0.556. The first-order valence-corrected chi connectivity index (χ1v) is 9.46. The summed E-state index contributed by atoms with van der Waals surface area (Å²) in [5.41, 5.74) is 2.44. The van der Waals surface area contributed by atoms with Gasteiger partial charge in [-0.05, 0) is 62.6 Å². The Morgan fingerprint density at radius 1 is 1.26 bits per heavy atom. The van der Waals surface area contributed by atoms with E-state index in [1.165, 1.54) is 29.7 Å². The molecule has 1 fully saturated rings. The first-order chi connectivity index (χ1) is 11.2. The van der Waals surface area contributed by atoms with Gasteiger partial charge in [0.15, 0.2) is 0 Å². The number of hydrogen-bond donors (Lipinski definition) is 0. The smallest absolute Gasteiger partial charge is 0.264 e. The fourth-order valence-electron chi connectivity index (χ4n) is 3.83. The zero-order valence-electron chi connectivity index (χ0n) is 13.6. The monoisotopic (exact) mass is 329 g/mol. The van der Waals surface area contributed by atoms with Crippen molar-refractivity contribution >= 4 is 17.2 Å². The van der Waals surface area contributed by atoms with Crippen LogP contribution in [0.15, 0.2) is 18.3 Å². The van der Waals surface area contributed by atoms with Crippen LogP contribution >= 0.6 is 11.3 Å². The molecular weight excluding hydrogens is 306 g/mol. The molecular formula is C18H23N3OS. The van der Waals surface area contributed by atoms with Crippen molar-refractivity contribution in [3.63, 3.8) is 0 Å². The first kappa shape index (κ1) is 14.9. The minimum atomic E-state index is 0.136. The molecule has 0 spiro atoms. The van der Waals surface area contributed by atoms with E-state index in [1.54, 1.807) is 11.3 Å². The van der Waals surface area contributed by atoms with Gasteiger partial charge in [-0.3, -0.25) is 9.48 Å². The first-order valence-electron chi connectivity index (χ1n) is 8.64. The Morgan fingerprint density at radius 3 is 2.91 bits per heavy atom. The van der Waals surface area contributed by atoms with Crippen molar-refractivity contribution < 1.29 is 4.79 Å². The van der Waals surface area contributed by atoms with Crippen molar-refractivity contribution in [2.75, 3.05) is 6.54 Å². The number of thiophene rings is 1. The molecule has 2 aromatic rings. The lowest BCUT2D eigenvalue weighted by atomic mass is 9.98. The molecule has 2 aliphatic rings. The zero-order chi connectivity index (χ0) is 15.8. The van der Waals surface area contributed by atoms with Crippen LogP contribution in [0.3, 0.4) is 0 Å². The van der Waals surface area contributed by atoms with E-state index in [1.807, 2.05) is 17.9 Å². The molecule has 5 heteroatoms. The SMILES string of the molecule is Cn1ccc([C@H]2CCCCN2C(=O)c2cc3c(s2)CCCC3)n1. The summed E-state index contributed by atoms with van der Waals surface area (Å²) in [7, 11) is 1.94. The lowest BCUT2D eigenvalue weighted by molar-refractivity contribution is 0.0610. The summed E-state index contributed by atoms with van der Waals surface area (Å²) in [5, 5.41) is 4.55. The molecule has 1 saturated heterocycles. The van der Waals surface area contributed by atoms with E-state index in [4.69, 9.17) is 0 Å². The third kappa shape index (κ3) is 2.82. The highest BCUT2D eigenvalue weighted by atomic mass is 32.1. The minimum Gasteiger partial charge on any atom is -0.329 e. The molecule has 3 heterocycles. The number of hydrogen-bond acceptors (Lipinski definition) is 3. The summed E-state index contributed by atoms with van der Waals surface area (Å²) >= 11 is 1.72. The molecule has 1 amide bonds. The number of aromatic nitrogens is 2. The van der Waals surface area contributed by atoms with Crippen LogP contribution in [0.4, 0.5) is 0 Å². The van der Waals surface area contributed by atoms with Crippen LogP contribution in [0.1, 0.15) is 64.0 Å². The Morgan fingerprint density at radius 2 is 2.13 bits per heavy atom. The second kappa shape index (κ2) is 6.11. The van der Waals surface area contributed by atoms with Gasteiger partial charge in [-0.15, -0.1) is 11.3 Å². The van der Waals surface area contributed by atoms with Crippen LogP contribution in [0, 0.1) is 0 Å². The maximum absolute atomic E-state index is 13.1.